The van der Waals surface area contributed by atoms with E-state index in [0.29, 0.717) is 18.2 Å². The first kappa shape index (κ1) is 18.1. The lowest BCUT2D eigenvalue weighted by molar-refractivity contribution is 0.0697. The second-order valence-corrected chi connectivity index (χ2v) is 4.27. The normalized spacial score (nSPS) is 18.2. The molecule has 0 saturated carbocycles. The van der Waals surface area contributed by atoms with E-state index in [4.69, 9.17) is 0 Å². The van der Waals surface area contributed by atoms with Gasteiger partial charge in [0.1, 0.15) is 5.82 Å². The van der Waals surface area contributed by atoms with Gasteiger partial charge in [-0.25, -0.2) is 4.39 Å². The van der Waals surface area contributed by atoms with Crippen molar-refractivity contribution < 1.29 is 9.18 Å². The van der Waals surface area contributed by atoms with Gasteiger partial charge >= 0.3 is 0 Å². The zero-order chi connectivity index (χ0) is 12.3. The van der Waals surface area contributed by atoms with Crippen LogP contribution in [0.25, 0.3) is 0 Å². The van der Waals surface area contributed by atoms with Crippen LogP contribution in [0.1, 0.15) is 23.2 Å². The first-order valence-electron chi connectivity index (χ1n) is 5.78. The van der Waals surface area contributed by atoms with Gasteiger partial charge in [0.25, 0.3) is 5.91 Å². The van der Waals surface area contributed by atoms with E-state index in [0.717, 1.165) is 25.6 Å². The maximum absolute atomic E-state index is 13.0. The molecular formula is C12H18Cl2FN3O. The van der Waals surface area contributed by atoms with Gasteiger partial charge in [-0.15, -0.1) is 24.8 Å². The summed E-state index contributed by atoms with van der Waals surface area (Å²) in [6.45, 7) is 1.40. The van der Waals surface area contributed by atoms with Crippen LogP contribution >= 0.6 is 24.8 Å². The van der Waals surface area contributed by atoms with Crippen LogP contribution in [0.3, 0.4) is 0 Å². The van der Waals surface area contributed by atoms with Gasteiger partial charge in [0.15, 0.2) is 0 Å². The summed E-state index contributed by atoms with van der Waals surface area (Å²) in [5, 5.41) is 3.17. The molecule has 1 aliphatic rings. The van der Waals surface area contributed by atoms with Crippen LogP contribution in [-0.2, 0) is 0 Å². The summed E-state index contributed by atoms with van der Waals surface area (Å²) in [5.74, 6) is -0.616. The van der Waals surface area contributed by atoms with Crippen LogP contribution < -0.4 is 5.32 Å². The Balaban J connectivity index is 0.00000162. The van der Waals surface area contributed by atoms with Gasteiger partial charge in [-0.3, -0.25) is 9.78 Å². The lowest BCUT2D eigenvalue weighted by Crippen LogP contribution is -2.47. The number of hydrogen-bond acceptors (Lipinski definition) is 3. The third-order valence-electron chi connectivity index (χ3n) is 3.07. The van der Waals surface area contributed by atoms with Crippen molar-refractivity contribution in [3.8, 4) is 0 Å². The number of likely N-dealkylation sites (tertiary alicyclic amines) is 1. The third kappa shape index (κ3) is 4.60. The molecule has 1 saturated heterocycles. The maximum atomic E-state index is 13.0. The molecule has 0 aromatic carbocycles. The molecule has 1 atom stereocenters. The van der Waals surface area contributed by atoms with E-state index in [1.165, 1.54) is 12.3 Å². The molecule has 0 bridgehead atoms. The fourth-order valence-corrected chi connectivity index (χ4v) is 2.11. The number of likely N-dealkylation sites (N-methyl/N-ethyl adjacent to an activating group) is 1. The summed E-state index contributed by atoms with van der Waals surface area (Å²) in [6, 6.07) is 1.56. The van der Waals surface area contributed by atoms with E-state index >= 15 is 0 Å². The molecule has 7 heteroatoms. The number of nitrogens with one attached hydrogen (secondary N) is 1. The molecule has 1 amide bonds. The molecule has 1 N–H and O–H groups in total. The van der Waals surface area contributed by atoms with Crippen molar-refractivity contribution >= 4 is 30.7 Å². The van der Waals surface area contributed by atoms with E-state index < -0.39 is 5.82 Å². The predicted octanol–water partition coefficient (Wildman–Crippen LogP) is 1.89. The first-order chi connectivity index (χ1) is 8.20. The predicted molar refractivity (Wildman–Crippen MR) is 76.7 cm³/mol. The first-order valence-corrected chi connectivity index (χ1v) is 5.78. The highest BCUT2D eigenvalue weighted by molar-refractivity contribution is 5.94. The van der Waals surface area contributed by atoms with Crippen molar-refractivity contribution in [1.82, 2.24) is 15.2 Å². The second-order valence-electron chi connectivity index (χ2n) is 4.27. The minimum absolute atomic E-state index is 0. The smallest absolute Gasteiger partial charge is 0.255 e. The van der Waals surface area contributed by atoms with E-state index in [-0.39, 0.29) is 30.7 Å². The summed E-state index contributed by atoms with van der Waals surface area (Å²) < 4.78 is 13.0. The van der Waals surface area contributed by atoms with Crippen LogP contribution in [0.2, 0.25) is 0 Å². The van der Waals surface area contributed by atoms with E-state index in [1.807, 2.05) is 7.05 Å². The fraction of sp³-hybridized carbons (Fsp3) is 0.500. The Morgan fingerprint density at radius 3 is 2.84 bits per heavy atom. The van der Waals surface area contributed by atoms with Crippen molar-refractivity contribution in [3.63, 3.8) is 0 Å². The highest BCUT2D eigenvalue weighted by Gasteiger charge is 2.23. The van der Waals surface area contributed by atoms with Gasteiger partial charge in [0, 0.05) is 25.3 Å². The van der Waals surface area contributed by atoms with Crippen molar-refractivity contribution in [2.45, 2.75) is 18.9 Å². The highest BCUT2D eigenvalue weighted by Crippen LogP contribution is 2.13. The average Bonchev–Trinajstić information content (AvgIpc) is 2.38. The minimum Gasteiger partial charge on any atom is -0.337 e. The number of halogens is 3. The Morgan fingerprint density at radius 2 is 2.21 bits per heavy atom. The summed E-state index contributed by atoms with van der Waals surface area (Å²) in [5.41, 5.74) is 0.321. The van der Waals surface area contributed by atoms with Gasteiger partial charge in [-0.1, -0.05) is 0 Å². The molecular weight excluding hydrogens is 292 g/mol. The Hall–Kier alpha value is -0.910. The maximum Gasteiger partial charge on any atom is 0.255 e. The zero-order valence-electron chi connectivity index (χ0n) is 10.6. The summed E-state index contributed by atoms with van der Waals surface area (Å²) in [6.07, 6.45) is 4.56. The number of rotatable bonds is 2. The number of piperidine rings is 1. The summed E-state index contributed by atoms with van der Waals surface area (Å²) in [7, 11) is 1.89. The quantitative estimate of drug-likeness (QED) is 0.907. The molecule has 0 aliphatic carbocycles. The van der Waals surface area contributed by atoms with Crippen LogP contribution in [-0.4, -0.2) is 42.0 Å². The number of nitrogens with zero attached hydrogens (tertiary/aromatic N) is 2. The molecule has 4 nitrogen and oxygen atoms in total. The SMILES string of the molecule is CNC1CCCN(C(=O)c2cncc(F)c2)C1.Cl.Cl. The summed E-state index contributed by atoms with van der Waals surface area (Å²) in [4.78, 5) is 17.6. The standard InChI is InChI=1S/C12H16FN3O.2ClH/c1-14-11-3-2-4-16(8-11)12(17)9-5-10(13)7-15-6-9;;/h5-7,11,14H,2-4,8H2,1H3;2*1H. The van der Waals surface area contributed by atoms with Gasteiger partial charge < -0.3 is 10.2 Å². The minimum atomic E-state index is -0.474. The third-order valence-corrected chi connectivity index (χ3v) is 3.07. The van der Waals surface area contributed by atoms with Crippen molar-refractivity contribution in [2.24, 2.45) is 0 Å². The number of aromatic nitrogens is 1. The van der Waals surface area contributed by atoms with Crippen molar-refractivity contribution in [1.29, 1.82) is 0 Å². The van der Waals surface area contributed by atoms with Gasteiger partial charge in [-0.2, -0.15) is 0 Å². The zero-order valence-corrected chi connectivity index (χ0v) is 12.3. The monoisotopic (exact) mass is 309 g/mol. The van der Waals surface area contributed by atoms with Crippen molar-refractivity contribution in [3.05, 3.63) is 29.8 Å². The van der Waals surface area contributed by atoms with Gasteiger partial charge in [0.2, 0.25) is 0 Å². The van der Waals surface area contributed by atoms with Gasteiger partial charge in [0.05, 0.1) is 11.8 Å². The molecule has 2 heterocycles. The number of carbonyl (C=O) groups is 1. The number of hydrogen-bond donors (Lipinski definition) is 1. The molecule has 1 aromatic heterocycles. The number of amides is 1. The van der Waals surface area contributed by atoms with Crippen LogP contribution in [0, 0.1) is 5.82 Å². The summed E-state index contributed by atoms with van der Waals surface area (Å²) >= 11 is 0. The number of pyridine rings is 1. The Bertz CT molecular complexity index is 420. The lowest BCUT2D eigenvalue weighted by atomic mass is 10.1. The molecule has 0 radical (unpaired) electrons. The van der Waals surface area contributed by atoms with Crippen LogP contribution in [0.4, 0.5) is 4.39 Å². The molecule has 108 valence electrons. The Kier molecular flexibility index (Phi) is 7.90. The lowest BCUT2D eigenvalue weighted by Gasteiger charge is -2.32. The largest absolute Gasteiger partial charge is 0.337 e. The topological polar surface area (TPSA) is 45.2 Å². The molecule has 1 aliphatic heterocycles. The molecule has 1 unspecified atom stereocenters. The molecule has 1 aromatic rings. The highest BCUT2D eigenvalue weighted by atomic mass is 35.5. The Morgan fingerprint density at radius 1 is 1.47 bits per heavy atom. The molecule has 2 rings (SSSR count). The second kappa shape index (κ2) is 8.30. The van der Waals surface area contributed by atoms with E-state index in [2.05, 4.69) is 10.3 Å². The van der Waals surface area contributed by atoms with Crippen molar-refractivity contribution in [2.75, 3.05) is 20.1 Å². The van der Waals surface area contributed by atoms with Crippen LogP contribution in [0.5, 0.6) is 0 Å². The average molecular weight is 310 g/mol. The molecule has 19 heavy (non-hydrogen) atoms. The Labute approximate surface area is 124 Å². The van der Waals surface area contributed by atoms with E-state index in [1.54, 1.807) is 4.90 Å². The van der Waals surface area contributed by atoms with E-state index in [9.17, 15) is 9.18 Å². The van der Waals surface area contributed by atoms with Gasteiger partial charge in [-0.05, 0) is 26.0 Å². The molecule has 1 fully saturated rings. The number of carbonyl (C=O) groups excluding carboxylic acids is 1. The fourth-order valence-electron chi connectivity index (χ4n) is 2.11. The molecule has 0 spiro atoms. The van der Waals surface area contributed by atoms with Crippen LogP contribution in [0.15, 0.2) is 18.5 Å².